The zero-order chi connectivity index (χ0) is 22.5. The Morgan fingerprint density at radius 3 is 2.52 bits per heavy atom. The normalized spacial score (nSPS) is 16.3. The SMILES string of the molecule is CC(C)C[C@@H](C(=O)O)N1C(=O)/C(=C/c2ccc(OCc3ccccc3Cl)cc2)SC1=S. The van der Waals surface area contributed by atoms with Crippen LogP contribution in [0.15, 0.2) is 53.4 Å². The quantitative estimate of drug-likeness (QED) is 0.395. The molecule has 1 N–H and O–H groups in total. The van der Waals surface area contributed by atoms with Crippen molar-refractivity contribution in [1.29, 1.82) is 0 Å². The van der Waals surface area contributed by atoms with Gasteiger partial charge in [0.1, 0.15) is 22.7 Å². The first kappa shape index (κ1) is 23.3. The van der Waals surface area contributed by atoms with E-state index in [1.54, 1.807) is 6.08 Å². The van der Waals surface area contributed by atoms with Crippen molar-refractivity contribution in [2.24, 2.45) is 5.92 Å². The van der Waals surface area contributed by atoms with Crippen molar-refractivity contribution in [3.05, 3.63) is 69.6 Å². The molecule has 0 spiro atoms. The van der Waals surface area contributed by atoms with Gasteiger partial charge in [-0.15, -0.1) is 0 Å². The zero-order valence-electron chi connectivity index (χ0n) is 17.1. The summed E-state index contributed by atoms with van der Waals surface area (Å²) in [6, 6.07) is 13.8. The van der Waals surface area contributed by atoms with Gasteiger partial charge < -0.3 is 9.84 Å². The van der Waals surface area contributed by atoms with Crippen molar-refractivity contribution in [1.82, 2.24) is 4.90 Å². The lowest BCUT2D eigenvalue weighted by Crippen LogP contribution is -2.44. The van der Waals surface area contributed by atoms with Gasteiger partial charge in [0.2, 0.25) is 0 Å². The summed E-state index contributed by atoms with van der Waals surface area (Å²) in [5.74, 6) is -0.631. The third-order valence-electron chi connectivity index (χ3n) is 4.64. The molecule has 0 unspecified atom stereocenters. The number of carboxylic acids is 1. The van der Waals surface area contributed by atoms with Crippen LogP contribution >= 0.6 is 35.6 Å². The number of hydrogen-bond donors (Lipinski definition) is 1. The maximum atomic E-state index is 12.9. The molecule has 1 aliphatic rings. The predicted molar refractivity (Wildman–Crippen MR) is 128 cm³/mol. The Bertz CT molecular complexity index is 1020. The van der Waals surface area contributed by atoms with Crippen LogP contribution in [0.2, 0.25) is 5.02 Å². The van der Waals surface area contributed by atoms with Gasteiger partial charge in [0.05, 0.1) is 4.91 Å². The molecule has 0 aliphatic carbocycles. The number of rotatable bonds is 8. The number of amides is 1. The first-order valence-electron chi connectivity index (χ1n) is 9.72. The van der Waals surface area contributed by atoms with Crippen LogP contribution in [-0.2, 0) is 16.2 Å². The van der Waals surface area contributed by atoms with Gasteiger partial charge in [0.25, 0.3) is 5.91 Å². The molecule has 31 heavy (non-hydrogen) atoms. The Labute approximate surface area is 196 Å². The molecule has 2 aromatic carbocycles. The maximum absolute atomic E-state index is 12.9. The summed E-state index contributed by atoms with van der Waals surface area (Å²) in [5.41, 5.74) is 1.69. The van der Waals surface area contributed by atoms with Crippen LogP contribution in [0.5, 0.6) is 5.75 Å². The smallest absolute Gasteiger partial charge is 0.326 e. The maximum Gasteiger partial charge on any atom is 0.326 e. The van der Waals surface area contributed by atoms with Crippen molar-refractivity contribution in [2.45, 2.75) is 32.9 Å². The summed E-state index contributed by atoms with van der Waals surface area (Å²) < 4.78 is 6.04. The van der Waals surface area contributed by atoms with E-state index in [2.05, 4.69) is 0 Å². The second kappa shape index (κ2) is 10.3. The van der Waals surface area contributed by atoms with Crippen LogP contribution in [0.4, 0.5) is 0 Å². The van der Waals surface area contributed by atoms with Crippen molar-refractivity contribution >= 4 is 57.9 Å². The second-order valence-corrected chi connectivity index (χ2v) is 9.57. The van der Waals surface area contributed by atoms with E-state index in [9.17, 15) is 14.7 Å². The van der Waals surface area contributed by atoms with Gasteiger partial charge in [0.15, 0.2) is 0 Å². The van der Waals surface area contributed by atoms with E-state index in [1.165, 1.54) is 4.90 Å². The number of thioether (sulfide) groups is 1. The van der Waals surface area contributed by atoms with Crippen LogP contribution in [-0.4, -0.2) is 32.2 Å². The van der Waals surface area contributed by atoms with Gasteiger partial charge in [-0.2, -0.15) is 0 Å². The number of carbonyl (C=O) groups excluding carboxylic acids is 1. The topological polar surface area (TPSA) is 66.8 Å². The molecular formula is C23H22ClNO4S2. The highest BCUT2D eigenvalue weighted by Gasteiger charge is 2.40. The number of thiocarbonyl (C=S) groups is 1. The first-order valence-corrected chi connectivity index (χ1v) is 11.3. The molecule has 1 saturated heterocycles. The van der Waals surface area contributed by atoms with E-state index in [-0.39, 0.29) is 16.1 Å². The van der Waals surface area contributed by atoms with E-state index in [0.717, 1.165) is 22.9 Å². The zero-order valence-corrected chi connectivity index (χ0v) is 19.5. The number of carbonyl (C=O) groups is 2. The summed E-state index contributed by atoms with van der Waals surface area (Å²) >= 11 is 12.6. The molecule has 0 bridgehead atoms. The van der Waals surface area contributed by atoms with Crippen LogP contribution in [0.3, 0.4) is 0 Å². The summed E-state index contributed by atoms with van der Waals surface area (Å²) in [5, 5.41) is 10.2. The molecule has 1 heterocycles. The van der Waals surface area contributed by atoms with Crippen molar-refractivity contribution in [2.75, 3.05) is 0 Å². The van der Waals surface area contributed by atoms with E-state index in [4.69, 9.17) is 28.6 Å². The molecule has 2 aromatic rings. The summed E-state index contributed by atoms with van der Waals surface area (Å²) in [4.78, 5) is 26.2. The standard InChI is InChI=1S/C23H22ClNO4S2/c1-14(2)11-19(22(27)28)25-21(26)20(31-23(25)30)12-15-7-9-17(10-8-15)29-13-16-5-3-4-6-18(16)24/h3-10,12,14,19H,11,13H2,1-2H3,(H,27,28)/b20-12-/t19-/m0/s1. The molecule has 162 valence electrons. The Morgan fingerprint density at radius 1 is 1.23 bits per heavy atom. The highest BCUT2D eigenvalue weighted by atomic mass is 35.5. The van der Waals surface area contributed by atoms with Gasteiger partial charge in [-0.25, -0.2) is 4.79 Å². The number of carboxylic acid groups (broad SMARTS) is 1. The third kappa shape index (κ3) is 5.87. The van der Waals surface area contributed by atoms with E-state index < -0.39 is 12.0 Å². The van der Waals surface area contributed by atoms with Gasteiger partial charge >= 0.3 is 5.97 Å². The molecule has 1 fully saturated rings. The predicted octanol–water partition coefficient (Wildman–Crippen LogP) is 5.62. The summed E-state index contributed by atoms with van der Waals surface area (Å²) in [6.07, 6.45) is 2.05. The monoisotopic (exact) mass is 475 g/mol. The molecule has 5 nitrogen and oxygen atoms in total. The fourth-order valence-corrected chi connectivity index (χ4v) is 4.65. The summed E-state index contributed by atoms with van der Waals surface area (Å²) in [7, 11) is 0. The van der Waals surface area contributed by atoms with Gasteiger partial charge in [-0.3, -0.25) is 9.69 Å². The first-order chi connectivity index (χ1) is 14.8. The van der Waals surface area contributed by atoms with Gasteiger partial charge in [0, 0.05) is 10.6 Å². The Kier molecular flexibility index (Phi) is 7.75. The Balaban J connectivity index is 1.70. The van der Waals surface area contributed by atoms with Gasteiger partial charge in [-0.05, 0) is 42.2 Å². The summed E-state index contributed by atoms with van der Waals surface area (Å²) in [6.45, 7) is 4.18. The highest BCUT2D eigenvalue weighted by molar-refractivity contribution is 8.26. The van der Waals surface area contributed by atoms with Crippen molar-refractivity contribution in [3.8, 4) is 5.75 Å². The lowest BCUT2D eigenvalue weighted by atomic mass is 10.0. The van der Waals surface area contributed by atoms with Crippen molar-refractivity contribution in [3.63, 3.8) is 0 Å². The molecular weight excluding hydrogens is 454 g/mol. The minimum atomic E-state index is -1.05. The molecule has 0 aromatic heterocycles. The number of ether oxygens (including phenoxy) is 1. The fourth-order valence-electron chi connectivity index (χ4n) is 3.10. The highest BCUT2D eigenvalue weighted by Crippen LogP contribution is 2.35. The molecule has 0 saturated carbocycles. The van der Waals surface area contributed by atoms with Crippen LogP contribution < -0.4 is 4.74 Å². The fraction of sp³-hybridized carbons (Fsp3) is 0.261. The van der Waals surface area contributed by atoms with Crippen molar-refractivity contribution < 1.29 is 19.4 Å². The Morgan fingerprint density at radius 2 is 1.90 bits per heavy atom. The number of nitrogens with zero attached hydrogens (tertiary/aromatic N) is 1. The molecule has 1 aliphatic heterocycles. The third-order valence-corrected chi connectivity index (χ3v) is 6.34. The largest absolute Gasteiger partial charge is 0.489 e. The van der Waals surface area contributed by atoms with Crippen LogP contribution in [0.25, 0.3) is 6.08 Å². The second-order valence-electron chi connectivity index (χ2n) is 7.48. The molecule has 8 heteroatoms. The minimum absolute atomic E-state index is 0.119. The van der Waals surface area contributed by atoms with E-state index >= 15 is 0 Å². The molecule has 0 radical (unpaired) electrons. The number of aliphatic carboxylic acids is 1. The minimum Gasteiger partial charge on any atom is -0.489 e. The van der Waals surface area contributed by atoms with E-state index in [0.29, 0.717) is 28.7 Å². The lowest BCUT2D eigenvalue weighted by Gasteiger charge is -2.24. The average Bonchev–Trinajstić information content (AvgIpc) is 2.99. The molecule has 3 rings (SSSR count). The Hall–Kier alpha value is -2.35. The van der Waals surface area contributed by atoms with Crippen LogP contribution in [0, 0.1) is 5.92 Å². The average molecular weight is 476 g/mol. The molecule has 1 amide bonds. The number of hydrogen-bond acceptors (Lipinski definition) is 5. The van der Waals surface area contributed by atoms with E-state index in [1.807, 2.05) is 62.4 Å². The lowest BCUT2D eigenvalue weighted by molar-refractivity contribution is -0.145. The molecule has 1 atom stereocenters. The van der Waals surface area contributed by atoms with Gasteiger partial charge in [-0.1, -0.05) is 79.8 Å². The number of halogens is 1. The van der Waals surface area contributed by atoms with Crippen LogP contribution in [0.1, 0.15) is 31.4 Å². The number of benzene rings is 2.